The Morgan fingerprint density at radius 3 is 2.66 bits per heavy atom. The second-order valence-electron chi connectivity index (χ2n) is 7.32. The molecule has 2 aliphatic heterocycles. The van der Waals surface area contributed by atoms with Crippen molar-refractivity contribution in [1.82, 2.24) is 9.80 Å². The Bertz CT molecular complexity index is 884. The normalized spacial score (nSPS) is 20.0. The molecular formula is C22H24BrN3O3. The number of hydrogen-bond donors (Lipinski definition) is 1. The van der Waals surface area contributed by atoms with Gasteiger partial charge in [0.1, 0.15) is 6.54 Å². The van der Waals surface area contributed by atoms with E-state index in [-0.39, 0.29) is 24.4 Å². The van der Waals surface area contributed by atoms with Crippen molar-refractivity contribution in [3.05, 3.63) is 64.1 Å². The molecule has 0 aromatic heterocycles. The van der Waals surface area contributed by atoms with Gasteiger partial charge in [-0.2, -0.15) is 0 Å². The summed E-state index contributed by atoms with van der Waals surface area (Å²) in [6.45, 7) is 3.79. The topological polar surface area (TPSA) is 61.9 Å². The third-order valence-electron chi connectivity index (χ3n) is 5.39. The lowest BCUT2D eigenvalue weighted by atomic mass is 9.95. The number of benzene rings is 2. The molecule has 6 nitrogen and oxygen atoms in total. The Kier molecular flexibility index (Phi) is 6.28. The van der Waals surface area contributed by atoms with Crippen LogP contribution < -0.4 is 5.32 Å². The second kappa shape index (κ2) is 9.07. The van der Waals surface area contributed by atoms with Gasteiger partial charge in [0.15, 0.2) is 0 Å². The van der Waals surface area contributed by atoms with Crippen LogP contribution in [0, 0.1) is 0 Å². The summed E-state index contributed by atoms with van der Waals surface area (Å²) < 4.78 is 6.30. The zero-order valence-corrected chi connectivity index (χ0v) is 17.7. The Labute approximate surface area is 178 Å². The first-order valence-electron chi connectivity index (χ1n) is 9.85. The predicted octanol–water partition coefficient (Wildman–Crippen LogP) is 3.04. The van der Waals surface area contributed by atoms with E-state index in [0.717, 1.165) is 34.4 Å². The molecular weight excluding hydrogens is 434 g/mol. The zero-order chi connectivity index (χ0) is 20.2. The zero-order valence-electron chi connectivity index (χ0n) is 16.1. The number of hydrogen-bond acceptors (Lipinski definition) is 4. The standard InChI is InChI=1S/C22H24BrN3O3/c23-17-6-7-19-18(14-17)22(16-4-2-1-3-5-16)26(15-20(27)24-19)21(28)8-9-25-10-12-29-13-11-25/h1-7,14,22H,8-13,15H2,(H,24,27)/t22-/m1/s1. The van der Waals surface area contributed by atoms with E-state index < -0.39 is 0 Å². The lowest BCUT2D eigenvalue weighted by Gasteiger charge is -2.32. The molecule has 2 aromatic rings. The van der Waals surface area contributed by atoms with Crippen molar-refractivity contribution in [3.63, 3.8) is 0 Å². The summed E-state index contributed by atoms with van der Waals surface area (Å²) in [6, 6.07) is 15.3. The van der Waals surface area contributed by atoms with Gasteiger partial charge in [-0.25, -0.2) is 0 Å². The van der Waals surface area contributed by atoms with Crippen LogP contribution in [0.25, 0.3) is 0 Å². The van der Waals surface area contributed by atoms with Crippen molar-refractivity contribution in [2.24, 2.45) is 0 Å². The van der Waals surface area contributed by atoms with Gasteiger partial charge in [-0.15, -0.1) is 0 Å². The van der Waals surface area contributed by atoms with Gasteiger partial charge in [0.25, 0.3) is 0 Å². The molecule has 2 heterocycles. The van der Waals surface area contributed by atoms with Gasteiger partial charge < -0.3 is 15.0 Å². The van der Waals surface area contributed by atoms with Crippen LogP contribution in [-0.2, 0) is 14.3 Å². The van der Waals surface area contributed by atoms with E-state index in [1.807, 2.05) is 48.5 Å². The first-order valence-corrected chi connectivity index (χ1v) is 10.6. The Balaban J connectivity index is 1.66. The van der Waals surface area contributed by atoms with Crippen LogP contribution in [0.1, 0.15) is 23.6 Å². The molecule has 2 aliphatic rings. The average molecular weight is 458 g/mol. The summed E-state index contributed by atoms with van der Waals surface area (Å²) in [5, 5.41) is 2.96. The van der Waals surface area contributed by atoms with Crippen molar-refractivity contribution < 1.29 is 14.3 Å². The van der Waals surface area contributed by atoms with Crippen molar-refractivity contribution in [1.29, 1.82) is 0 Å². The molecule has 1 N–H and O–H groups in total. The highest BCUT2D eigenvalue weighted by molar-refractivity contribution is 9.10. The highest BCUT2D eigenvalue weighted by atomic mass is 79.9. The van der Waals surface area contributed by atoms with E-state index in [4.69, 9.17) is 4.74 Å². The van der Waals surface area contributed by atoms with Crippen molar-refractivity contribution in [3.8, 4) is 0 Å². The minimum absolute atomic E-state index is 0.0201. The number of ether oxygens (including phenoxy) is 1. The molecule has 2 aromatic carbocycles. The van der Waals surface area contributed by atoms with Gasteiger partial charge in [-0.1, -0.05) is 46.3 Å². The quantitative estimate of drug-likeness (QED) is 0.766. The first-order chi connectivity index (χ1) is 14.1. The Morgan fingerprint density at radius 2 is 1.90 bits per heavy atom. The van der Waals surface area contributed by atoms with Crippen LogP contribution in [0.15, 0.2) is 53.0 Å². The smallest absolute Gasteiger partial charge is 0.244 e. The number of amides is 2. The molecule has 0 bridgehead atoms. The molecule has 152 valence electrons. The number of carbonyl (C=O) groups excluding carboxylic acids is 2. The first kappa shape index (κ1) is 20.1. The number of halogens is 1. The molecule has 0 aliphatic carbocycles. The summed E-state index contributed by atoms with van der Waals surface area (Å²) in [5.74, 6) is -0.194. The molecule has 1 fully saturated rings. The van der Waals surface area contributed by atoms with Crippen LogP contribution in [0.5, 0.6) is 0 Å². The number of nitrogens with zero attached hydrogens (tertiary/aromatic N) is 2. The maximum atomic E-state index is 13.3. The molecule has 0 saturated carbocycles. The number of morpholine rings is 1. The maximum Gasteiger partial charge on any atom is 0.244 e. The van der Waals surface area contributed by atoms with E-state index in [9.17, 15) is 9.59 Å². The van der Waals surface area contributed by atoms with E-state index >= 15 is 0 Å². The highest BCUT2D eigenvalue weighted by Gasteiger charge is 2.33. The van der Waals surface area contributed by atoms with Crippen molar-refractivity contribution in [2.45, 2.75) is 12.5 Å². The number of carbonyl (C=O) groups is 2. The molecule has 2 amide bonds. The van der Waals surface area contributed by atoms with Crippen molar-refractivity contribution in [2.75, 3.05) is 44.7 Å². The van der Waals surface area contributed by atoms with Gasteiger partial charge in [0, 0.05) is 41.8 Å². The summed E-state index contributed by atoms with van der Waals surface area (Å²) >= 11 is 3.54. The van der Waals surface area contributed by atoms with Crippen LogP contribution in [-0.4, -0.2) is 61.0 Å². The van der Waals surface area contributed by atoms with Gasteiger partial charge in [-0.3, -0.25) is 14.5 Å². The third-order valence-corrected chi connectivity index (χ3v) is 5.88. The lowest BCUT2D eigenvalue weighted by molar-refractivity contribution is -0.136. The minimum Gasteiger partial charge on any atom is -0.379 e. The number of fused-ring (bicyclic) bond motifs is 1. The molecule has 1 saturated heterocycles. The molecule has 29 heavy (non-hydrogen) atoms. The SMILES string of the molecule is O=C1CN(C(=O)CCN2CCOCC2)[C@H](c2ccccc2)c2cc(Br)ccc2N1. The molecule has 0 radical (unpaired) electrons. The second-order valence-corrected chi connectivity index (χ2v) is 8.23. The summed E-state index contributed by atoms with van der Waals surface area (Å²) in [5.41, 5.74) is 2.65. The van der Waals surface area contributed by atoms with Crippen molar-refractivity contribution >= 4 is 33.4 Å². The Morgan fingerprint density at radius 1 is 1.14 bits per heavy atom. The fourth-order valence-corrected chi connectivity index (χ4v) is 4.31. The summed E-state index contributed by atoms with van der Waals surface area (Å²) in [7, 11) is 0. The number of anilines is 1. The van der Waals surface area contributed by atoms with Gasteiger partial charge >= 0.3 is 0 Å². The van der Waals surface area contributed by atoms with Crippen LogP contribution in [0.2, 0.25) is 0 Å². The predicted molar refractivity (Wildman–Crippen MR) is 115 cm³/mol. The molecule has 0 unspecified atom stereocenters. The minimum atomic E-state index is -0.320. The van der Waals surface area contributed by atoms with E-state index in [1.165, 1.54) is 0 Å². The average Bonchev–Trinajstić information content (AvgIpc) is 2.89. The molecule has 1 atom stereocenters. The number of nitrogens with one attached hydrogen (secondary N) is 1. The fourth-order valence-electron chi connectivity index (χ4n) is 3.93. The molecule has 4 rings (SSSR count). The summed E-state index contributed by atoms with van der Waals surface area (Å²) in [6.07, 6.45) is 0.375. The lowest BCUT2D eigenvalue weighted by Crippen LogP contribution is -2.42. The fraction of sp³-hybridized carbons (Fsp3) is 0.364. The van der Waals surface area contributed by atoms with Gasteiger partial charge in [-0.05, 0) is 23.8 Å². The molecule has 0 spiro atoms. The largest absolute Gasteiger partial charge is 0.379 e. The number of rotatable bonds is 4. The van der Waals surface area contributed by atoms with Crippen LogP contribution in [0.4, 0.5) is 5.69 Å². The highest BCUT2D eigenvalue weighted by Crippen LogP contribution is 2.37. The van der Waals surface area contributed by atoms with Crippen LogP contribution >= 0.6 is 15.9 Å². The van der Waals surface area contributed by atoms with Crippen LogP contribution in [0.3, 0.4) is 0 Å². The molecule has 7 heteroatoms. The monoisotopic (exact) mass is 457 g/mol. The van der Waals surface area contributed by atoms with E-state index in [1.54, 1.807) is 4.90 Å². The van der Waals surface area contributed by atoms with E-state index in [2.05, 4.69) is 26.1 Å². The van der Waals surface area contributed by atoms with Gasteiger partial charge in [0.2, 0.25) is 11.8 Å². The third kappa shape index (κ3) is 4.69. The maximum absolute atomic E-state index is 13.3. The van der Waals surface area contributed by atoms with E-state index in [0.29, 0.717) is 26.2 Å². The Hall–Kier alpha value is -2.22. The summed E-state index contributed by atoms with van der Waals surface area (Å²) in [4.78, 5) is 29.8. The van der Waals surface area contributed by atoms with Gasteiger partial charge in [0.05, 0.1) is 19.3 Å².